The van der Waals surface area contributed by atoms with E-state index in [1.165, 1.54) is 37.3 Å². The number of nitrogens with one attached hydrogen (secondary N) is 1. The first-order valence-corrected chi connectivity index (χ1v) is 12.0. The van der Waals surface area contributed by atoms with Crippen LogP contribution >= 0.6 is 27.7 Å². The Morgan fingerprint density at radius 1 is 1.26 bits per heavy atom. The number of hydrogen-bond donors (Lipinski definition) is 1. The molecule has 1 amide bonds. The van der Waals surface area contributed by atoms with Gasteiger partial charge in [-0.2, -0.15) is 0 Å². The number of aliphatic imine (C=N–C) groups is 1. The summed E-state index contributed by atoms with van der Waals surface area (Å²) in [5.74, 6) is 1.05. The number of anilines is 1. The van der Waals surface area contributed by atoms with Gasteiger partial charge in [0.1, 0.15) is 0 Å². The first-order chi connectivity index (χ1) is 13.2. The van der Waals surface area contributed by atoms with Crippen LogP contribution in [0.2, 0.25) is 0 Å². The fraction of sp³-hybridized carbons (Fsp3) is 0.619. The Hall–Kier alpha value is -1.01. The molecule has 6 heteroatoms. The lowest BCUT2D eigenvalue weighted by Gasteiger charge is -2.27. The number of amides is 1. The van der Waals surface area contributed by atoms with E-state index in [4.69, 9.17) is 4.99 Å². The number of hydrogen-bond acceptors (Lipinski definition) is 3. The largest absolute Gasteiger partial charge is 0.347 e. The molecule has 4 nitrogen and oxygen atoms in total. The van der Waals surface area contributed by atoms with Gasteiger partial charge in [0, 0.05) is 34.9 Å². The topological polar surface area (TPSA) is 44.7 Å². The number of unbranched alkanes of at least 4 members (excludes halogenated alkanes) is 1. The zero-order chi connectivity index (χ0) is 19.1. The second-order valence-electron chi connectivity index (χ2n) is 7.47. The summed E-state index contributed by atoms with van der Waals surface area (Å²) in [4.78, 5) is 20.1. The van der Waals surface area contributed by atoms with Gasteiger partial charge in [0.2, 0.25) is 5.91 Å². The monoisotopic (exact) mass is 451 g/mol. The summed E-state index contributed by atoms with van der Waals surface area (Å²) in [5, 5.41) is 4.21. The number of nitrogens with zero attached hydrogens (tertiary/aromatic N) is 2. The zero-order valence-corrected chi connectivity index (χ0v) is 18.5. The van der Waals surface area contributed by atoms with Gasteiger partial charge in [-0.15, -0.1) is 0 Å². The van der Waals surface area contributed by atoms with Crippen LogP contribution in [-0.2, 0) is 4.79 Å². The molecule has 1 saturated carbocycles. The molecule has 1 aromatic carbocycles. The fourth-order valence-corrected chi connectivity index (χ4v) is 5.25. The summed E-state index contributed by atoms with van der Waals surface area (Å²) >= 11 is 5.27. The lowest BCUT2D eigenvalue weighted by atomic mass is 9.96. The van der Waals surface area contributed by atoms with Crippen LogP contribution in [0, 0.1) is 0 Å². The van der Waals surface area contributed by atoms with E-state index >= 15 is 0 Å². The van der Waals surface area contributed by atoms with E-state index in [1.54, 1.807) is 0 Å². The average molecular weight is 452 g/mol. The molecule has 1 aliphatic heterocycles. The number of rotatable bonds is 7. The number of carbonyl (C=O) groups excluding carboxylic acids is 1. The normalized spacial score (nSPS) is 22.4. The lowest BCUT2D eigenvalue weighted by molar-refractivity contribution is -0.116. The van der Waals surface area contributed by atoms with Crippen molar-refractivity contribution in [1.82, 2.24) is 4.90 Å². The predicted octanol–water partition coefficient (Wildman–Crippen LogP) is 5.68. The standard InChI is InChI=1S/C21H30BrN3OS/c1-2-3-13-25-19(14-20(26)23-18-11-9-16(22)10-12-18)15-27-21(25)24-17-7-5-4-6-8-17/h9-12,17,19H,2-8,13-15H2,1H3,(H,23,26). The summed E-state index contributed by atoms with van der Waals surface area (Å²) in [6.45, 7) is 3.22. The highest BCUT2D eigenvalue weighted by Crippen LogP contribution is 2.30. The molecule has 2 fully saturated rings. The first-order valence-electron chi connectivity index (χ1n) is 10.2. The minimum atomic E-state index is 0.0864. The predicted molar refractivity (Wildman–Crippen MR) is 120 cm³/mol. The highest BCUT2D eigenvalue weighted by atomic mass is 79.9. The smallest absolute Gasteiger partial charge is 0.226 e. The number of thioether (sulfide) groups is 1. The van der Waals surface area contributed by atoms with Crippen LogP contribution in [0.4, 0.5) is 5.69 Å². The van der Waals surface area contributed by atoms with Crippen LogP contribution in [-0.4, -0.2) is 40.4 Å². The Kier molecular flexibility index (Phi) is 8.07. The van der Waals surface area contributed by atoms with E-state index in [-0.39, 0.29) is 11.9 Å². The molecule has 1 N–H and O–H groups in total. The highest BCUT2D eigenvalue weighted by Gasteiger charge is 2.32. The summed E-state index contributed by atoms with van der Waals surface area (Å²) in [7, 11) is 0. The molecule has 3 rings (SSSR count). The molecule has 0 bridgehead atoms. The number of carbonyl (C=O) groups is 1. The maximum absolute atomic E-state index is 12.6. The van der Waals surface area contributed by atoms with Gasteiger partial charge >= 0.3 is 0 Å². The zero-order valence-electron chi connectivity index (χ0n) is 16.1. The highest BCUT2D eigenvalue weighted by molar-refractivity contribution is 9.10. The third kappa shape index (κ3) is 6.24. The Morgan fingerprint density at radius 2 is 2.00 bits per heavy atom. The van der Waals surface area contributed by atoms with Crippen molar-refractivity contribution in [2.45, 2.75) is 70.4 Å². The van der Waals surface area contributed by atoms with Gasteiger partial charge in [0.25, 0.3) is 0 Å². The van der Waals surface area contributed by atoms with Crippen LogP contribution in [0.3, 0.4) is 0 Å². The molecule has 1 aliphatic carbocycles. The van der Waals surface area contributed by atoms with Crippen LogP contribution in [0.5, 0.6) is 0 Å². The van der Waals surface area contributed by atoms with Crippen LogP contribution in [0.1, 0.15) is 58.3 Å². The van der Waals surface area contributed by atoms with Crippen molar-refractivity contribution in [3.63, 3.8) is 0 Å². The van der Waals surface area contributed by atoms with Gasteiger partial charge in [-0.1, -0.05) is 60.3 Å². The molecular formula is C21H30BrN3OS. The van der Waals surface area contributed by atoms with E-state index in [1.807, 2.05) is 36.0 Å². The third-order valence-electron chi connectivity index (χ3n) is 5.26. The van der Waals surface area contributed by atoms with Crippen LogP contribution in [0.25, 0.3) is 0 Å². The van der Waals surface area contributed by atoms with Crippen molar-refractivity contribution in [3.8, 4) is 0 Å². The molecule has 1 atom stereocenters. The van der Waals surface area contributed by atoms with Crippen molar-refractivity contribution in [2.24, 2.45) is 4.99 Å². The lowest BCUT2D eigenvalue weighted by Crippen LogP contribution is -2.38. The number of benzene rings is 1. The van der Waals surface area contributed by atoms with E-state index in [0.29, 0.717) is 12.5 Å². The molecule has 0 aromatic heterocycles. The van der Waals surface area contributed by atoms with Crippen LogP contribution < -0.4 is 5.32 Å². The molecular weight excluding hydrogens is 422 g/mol. The molecule has 2 aliphatic rings. The minimum absolute atomic E-state index is 0.0864. The van der Waals surface area contributed by atoms with E-state index in [2.05, 4.69) is 33.1 Å². The van der Waals surface area contributed by atoms with Crippen molar-refractivity contribution < 1.29 is 4.79 Å². The van der Waals surface area contributed by atoms with Crippen molar-refractivity contribution in [2.75, 3.05) is 17.6 Å². The maximum atomic E-state index is 12.6. The number of halogens is 1. The van der Waals surface area contributed by atoms with Crippen molar-refractivity contribution in [3.05, 3.63) is 28.7 Å². The molecule has 0 radical (unpaired) electrons. The van der Waals surface area contributed by atoms with Gasteiger partial charge in [-0.05, 0) is 43.5 Å². The summed E-state index contributed by atoms with van der Waals surface area (Å²) in [6.07, 6.45) is 9.25. The Morgan fingerprint density at radius 3 is 2.70 bits per heavy atom. The summed E-state index contributed by atoms with van der Waals surface area (Å²) < 4.78 is 1.02. The average Bonchev–Trinajstić information content (AvgIpc) is 3.03. The number of amidine groups is 1. The van der Waals surface area contributed by atoms with E-state index in [0.717, 1.165) is 35.3 Å². The van der Waals surface area contributed by atoms with Crippen molar-refractivity contribution in [1.29, 1.82) is 0 Å². The van der Waals surface area contributed by atoms with Gasteiger partial charge in [-0.3, -0.25) is 9.79 Å². The Balaban J connectivity index is 1.61. The summed E-state index contributed by atoms with van der Waals surface area (Å²) in [6, 6.07) is 8.49. The van der Waals surface area contributed by atoms with Gasteiger partial charge in [0.05, 0.1) is 6.04 Å². The third-order valence-corrected chi connectivity index (χ3v) is 6.94. The maximum Gasteiger partial charge on any atom is 0.226 e. The summed E-state index contributed by atoms with van der Waals surface area (Å²) in [5.41, 5.74) is 0.852. The molecule has 1 unspecified atom stereocenters. The van der Waals surface area contributed by atoms with Gasteiger partial charge in [-0.25, -0.2) is 0 Å². The molecule has 27 heavy (non-hydrogen) atoms. The fourth-order valence-electron chi connectivity index (χ4n) is 3.71. The molecule has 1 aromatic rings. The Labute approximate surface area is 175 Å². The second kappa shape index (κ2) is 10.5. The van der Waals surface area contributed by atoms with E-state index < -0.39 is 0 Å². The van der Waals surface area contributed by atoms with Crippen LogP contribution in [0.15, 0.2) is 33.7 Å². The van der Waals surface area contributed by atoms with Gasteiger partial charge < -0.3 is 10.2 Å². The second-order valence-corrected chi connectivity index (χ2v) is 9.38. The quantitative estimate of drug-likeness (QED) is 0.579. The SMILES string of the molecule is CCCCN1C(=NC2CCCCC2)SCC1CC(=O)Nc1ccc(Br)cc1. The molecule has 1 saturated heterocycles. The van der Waals surface area contributed by atoms with E-state index in [9.17, 15) is 4.79 Å². The minimum Gasteiger partial charge on any atom is -0.347 e. The first kappa shape index (κ1) is 20.7. The van der Waals surface area contributed by atoms with Gasteiger partial charge in [0.15, 0.2) is 5.17 Å². The Bertz CT molecular complexity index is 643. The molecule has 1 heterocycles. The van der Waals surface area contributed by atoms with Crippen molar-refractivity contribution >= 4 is 44.5 Å². The molecule has 148 valence electrons. The molecule has 0 spiro atoms.